The van der Waals surface area contributed by atoms with Crippen LogP contribution in [0.4, 0.5) is 0 Å². The highest BCUT2D eigenvalue weighted by molar-refractivity contribution is 5.81. The molecule has 1 rings (SSSR count). The number of nitrogens with one attached hydrogen (secondary N) is 2. The summed E-state index contributed by atoms with van der Waals surface area (Å²) in [5, 5.41) is 5.34. The Morgan fingerprint density at radius 2 is 0.658 bits per heavy atom. The lowest BCUT2D eigenvalue weighted by Gasteiger charge is -2.09. The highest BCUT2D eigenvalue weighted by Crippen LogP contribution is 1.95. The molecule has 220 valence electrons. The molecule has 0 spiro atoms. The first-order valence-electron chi connectivity index (χ1n) is 12.9. The lowest BCUT2D eigenvalue weighted by atomic mass is 10.3. The Hall–Kier alpha value is -2.36. The third-order valence-electron chi connectivity index (χ3n) is 4.72. The van der Waals surface area contributed by atoms with E-state index in [1.165, 1.54) is 0 Å². The summed E-state index contributed by atoms with van der Waals surface area (Å²) in [6, 6.07) is 0. The molecule has 38 heavy (non-hydrogen) atoms. The van der Waals surface area contributed by atoms with E-state index in [1.54, 1.807) is 0 Å². The molecule has 14 heteroatoms. The molecule has 0 aromatic rings. The van der Waals surface area contributed by atoms with Crippen LogP contribution in [0.3, 0.4) is 0 Å². The van der Waals surface area contributed by atoms with E-state index in [-0.39, 0.29) is 63.9 Å². The van der Waals surface area contributed by atoms with Gasteiger partial charge in [0, 0.05) is 25.9 Å². The van der Waals surface area contributed by atoms with Gasteiger partial charge in [-0.25, -0.2) is 0 Å². The Labute approximate surface area is 223 Å². The highest BCUT2D eigenvalue weighted by atomic mass is 16.6. The minimum atomic E-state index is -0.470. The predicted molar refractivity (Wildman–Crippen MR) is 131 cm³/mol. The lowest BCUT2D eigenvalue weighted by molar-refractivity contribution is -0.146. The molecule has 0 atom stereocenters. The normalized spacial score (nSPS) is 22.1. The Morgan fingerprint density at radius 3 is 1.00 bits per heavy atom. The fourth-order valence-corrected chi connectivity index (χ4v) is 2.79. The maximum Gasteiger partial charge on any atom is 0.306 e. The molecule has 0 unspecified atom stereocenters. The monoisotopic (exact) mass is 550 g/mol. The Bertz CT molecular complexity index is 544. The van der Waals surface area contributed by atoms with Gasteiger partial charge in [0.2, 0.25) is 11.8 Å². The summed E-state index contributed by atoms with van der Waals surface area (Å²) in [4.78, 5) is 46.9. The summed E-state index contributed by atoms with van der Waals surface area (Å²) < 4.78 is 42.1. The van der Waals surface area contributed by atoms with Gasteiger partial charge in [0.1, 0.15) is 13.2 Å². The van der Waals surface area contributed by atoms with Gasteiger partial charge >= 0.3 is 11.9 Å². The van der Waals surface area contributed by atoms with Crippen molar-refractivity contribution in [3.63, 3.8) is 0 Å². The fraction of sp³-hybridized carbons (Fsp3) is 0.833. The number of cyclic esters (lactones) is 2. The maximum atomic E-state index is 11.8. The van der Waals surface area contributed by atoms with E-state index in [0.717, 1.165) is 0 Å². The number of carbonyl (C=O) groups excluding carboxylic acids is 4. The van der Waals surface area contributed by atoms with Gasteiger partial charge in [-0.2, -0.15) is 0 Å². The number of hydrogen-bond donors (Lipinski definition) is 2. The van der Waals surface area contributed by atoms with Gasteiger partial charge in [0.25, 0.3) is 0 Å². The molecule has 2 amide bonds. The summed E-state index contributed by atoms with van der Waals surface area (Å²) in [5.41, 5.74) is 0. The van der Waals surface area contributed by atoms with Crippen molar-refractivity contribution in [3.05, 3.63) is 0 Å². The standard InChI is InChI=1S/C24H42N2O12/c27-21-1-3-23(29)37-19-17-35-15-13-34-14-16-36-18-20-38-24(30)4-2-22(28)26-6-8-32-10-12-33-11-9-31-7-5-25-21/h1-20H2,(H,25,27)(H,26,28). The lowest BCUT2D eigenvalue weighted by Crippen LogP contribution is -2.28. The molecule has 14 nitrogen and oxygen atoms in total. The molecule has 1 heterocycles. The van der Waals surface area contributed by atoms with E-state index in [9.17, 15) is 19.2 Å². The van der Waals surface area contributed by atoms with Crippen LogP contribution in [0.2, 0.25) is 0 Å². The SMILES string of the molecule is O=C1CCC(=O)OCCOCCOCCOCCOC(=O)CCC(=O)NCCOCCOCCOCCN1. The molecule has 0 radical (unpaired) electrons. The number of rotatable bonds is 0. The molecule has 0 aliphatic carbocycles. The number of amides is 2. The van der Waals surface area contributed by atoms with Crippen molar-refractivity contribution in [2.75, 3.05) is 106 Å². The molecular weight excluding hydrogens is 508 g/mol. The Kier molecular flexibility index (Phi) is 22.1. The molecule has 1 aliphatic rings. The van der Waals surface area contributed by atoms with Crippen LogP contribution in [0.25, 0.3) is 0 Å². The minimum Gasteiger partial charge on any atom is -0.463 e. The molecule has 1 fully saturated rings. The Morgan fingerprint density at radius 1 is 0.368 bits per heavy atom. The van der Waals surface area contributed by atoms with E-state index >= 15 is 0 Å². The molecule has 2 N–H and O–H groups in total. The number of esters is 2. The van der Waals surface area contributed by atoms with Gasteiger partial charge < -0.3 is 48.5 Å². The smallest absolute Gasteiger partial charge is 0.306 e. The van der Waals surface area contributed by atoms with Crippen molar-refractivity contribution in [1.82, 2.24) is 10.6 Å². The van der Waals surface area contributed by atoms with Crippen LogP contribution in [-0.4, -0.2) is 129 Å². The summed E-state index contributed by atoms with van der Waals surface area (Å²) in [5.74, 6) is -1.46. The first-order valence-corrected chi connectivity index (χ1v) is 12.9. The van der Waals surface area contributed by atoms with Gasteiger partial charge in [0.05, 0.1) is 92.1 Å². The second-order valence-corrected chi connectivity index (χ2v) is 7.82. The largest absolute Gasteiger partial charge is 0.463 e. The van der Waals surface area contributed by atoms with Crippen LogP contribution in [0.5, 0.6) is 0 Å². The minimum absolute atomic E-state index is 0.0166. The molecule has 0 saturated carbocycles. The number of hydrogen-bond acceptors (Lipinski definition) is 12. The number of ether oxygens (including phenoxy) is 8. The summed E-state index contributed by atoms with van der Waals surface area (Å²) in [6.45, 7) is 4.73. The van der Waals surface area contributed by atoms with E-state index in [2.05, 4.69) is 10.6 Å². The zero-order valence-electron chi connectivity index (χ0n) is 22.0. The second kappa shape index (κ2) is 24.9. The van der Waals surface area contributed by atoms with E-state index in [1.807, 2.05) is 0 Å². The van der Waals surface area contributed by atoms with Crippen LogP contribution >= 0.6 is 0 Å². The van der Waals surface area contributed by atoms with E-state index in [0.29, 0.717) is 79.2 Å². The van der Waals surface area contributed by atoms with Crippen molar-refractivity contribution in [2.24, 2.45) is 0 Å². The second-order valence-electron chi connectivity index (χ2n) is 7.82. The molecular formula is C24H42N2O12. The van der Waals surface area contributed by atoms with Gasteiger partial charge in [-0.1, -0.05) is 0 Å². The van der Waals surface area contributed by atoms with Crippen LogP contribution in [0.15, 0.2) is 0 Å². The fourth-order valence-electron chi connectivity index (χ4n) is 2.79. The average molecular weight is 551 g/mol. The van der Waals surface area contributed by atoms with E-state index < -0.39 is 11.9 Å². The van der Waals surface area contributed by atoms with Gasteiger partial charge in [0.15, 0.2) is 0 Å². The van der Waals surface area contributed by atoms with E-state index in [4.69, 9.17) is 37.9 Å². The van der Waals surface area contributed by atoms with Crippen LogP contribution < -0.4 is 10.6 Å². The maximum absolute atomic E-state index is 11.8. The highest BCUT2D eigenvalue weighted by Gasteiger charge is 2.09. The van der Waals surface area contributed by atoms with Gasteiger partial charge in [-0.05, 0) is 0 Å². The average Bonchev–Trinajstić information content (AvgIpc) is 2.91. The van der Waals surface area contributed by atoms with Crippen molar-refractivity contribution in [2.45, 2.75) is 25.7 Å². The molecule has 1 aliphatic heterocycles. The zero-order chi connectivity index (χ0) is 27.5. The summed E-state index contributed by atoms with van der Waals surface area (Å²) in [6.07, 6.45) is 0.0320. The molecule has 0 bridgehead atoms. The summed E-state index contributed by atoms with van der Waals surface area (Å²) >= 11 is 0. The first-order chi connectivity index (χ1) is 18.6. The quantitative estimate of drug-likeness (QED) is 0.353. The zero-order valence-corrected chi connectivity index (χ0v) is 22.0. The van der Waals surface area contributed by atoms with Gasteiger partial charge in [-0.3, -0.25) is 19.2 Å². The molecule has 1 saturated heterocycles. The van der Waals surface area contributed by atoms with Crippen molar-refractivity contribution in [1.29, 1.82) is 0 Å². The van der Waals surface area contributed by atoms with Crippen molar-refractivity contribution < 1.29 is 57.1 Å². The van der Waals surface area contributed by atoms with Crippen LogP contribution in [0.1, 0.15) is 25.7 Å². The van der Waals surface area contributed by atoms with Crippen molar-refractivity contribution >= 4 is 23.8 Å². The van der Waals surface area contributed by atoms with Crippen molar-refractivity contribution in [3.8, 4) is 0 Å². The van der Waals surface area contributed by atoms with Crippen LogP contribution in [-0.2, 0) is 57.1 Å². The number of carbonyl (C=O) groups is 4. The van der Waals surface area contributed by atoms with Crippen LogP contribution in [0, 0.1) is 0 Å². The first kappa shape index (κ1) is 33.7. The predicted octanol–water partition coefficient (Wildman–Crippen LogP) is -1.02. The molecule has 0 aromatic heterocycles. The van der Waals surface area contributed by atoms with Gasteiger partial charge in [-0.15, -0.1) is 0 Å². The topological polar surface area (TPSA) is 166 Å². The third kappa shape index (κ3) is 22.8. The molecule has 0 aromatic carbocycles. The third-order valence-corrected chi connectivity index (χ3v) is 4.72. The summed E-state index contributed by atoms with van der Waals surface area (Å²) in [7, 11) is 0. The Balaban J connectivity index is 2.22.